The van der Waals surface area contributed by atoms with Gasteiger partial charge in [-0.2, -0.15) is 0 Å². The van der Waals surface area contributed by atoms with Crippen LogP contribution in [0.2, 0.25) is 0 Å². The van der Waals surface area contributed by atoms with E-state index < -0.39 is 13.9 Å². The molecule has 0 radical (unpaired) electrons. The first-order chi connectivity index (χ1) is 9.60. The lowest BCUT2D eigenvalue weighted by molar-refractivity contribution is -0.142. The molecule has 1 rings (SSSR count). The fraction of sp³-hybridized carbons (Fsp3) is 0.933. The van der Waals surface area contributed by atoms with E-state index in [1.807, 2.05) is 34.6 Å². The molecule has 1 fully saturated rings. The second-order valence-electron chi connectivity index (χ2n) is 6.57. The zero-order valence-electron chi connectivity index (χ0n) is 13.9. The Kier molecular flexibility index (Phi) is 6.60. The van der Waals surface area contributed by atoms with Crippen molar-refractivity contribution in [3.8, 4) is 0 Å². The Balaban J connectivity index is 2.75. The SMILES string of the molecule is CC[C@H](C)COP(=O)(O)OC1C(=O)C(C)C(C)C(C)C1C. The Hall–Kier alpha value is -0.220. The number of hydrogen-bond donors (Lipinski definition) is 1. The third-order valence-corrected chi connectivity index (χ3v) is 6.09. The monoisotopic (exact) mass is 320 g/mol. The number of carbonyl (C=O) groups excluding carboxylic acids is 1. The lowest BCUT2D eigenvalue weighted by Gasteiger charge is -2.41. The third-order valence-electron chi connectivity index (χ3n) is 5.12. The zero-order chi connectivity index (χ0) is 16.4. The fourth-order valence-electron chi connectivity index (χ4n) is 2.65. The van der Waals surface area contributed by atoms with Gasteiger partial charge in [-0.25, -0.2) is 4.57 Å². The number of Topliss-reactive ketones (excluding diaryl/α,β-unsaturated/α-hetero) is 1. The highest BCUT2D eigenvalue weighted by Gasteiger charge is 2.46. The van der Waals surface area contributed by atoms with Crippen LogP contribution in [0.4, 0.5) is 0 Å². The lowest BCUT2D eigenvalue weighted by atomic mass is 9.67. The van der Waals surface area contributed by atoms with Gasteiger partial charge in [-0.3, -0.25) is 13.8 Å². The second kappa shape index (κ2) is 7.36. The Morgan fingerprint density at radius 2 is 1.76 bits per heavy atom. The van der Waals surface area contributed by atoms with Crippen LogP contribution in [0, 0.1) is 29.6 Å². The summed E-state index contributed by atoms with van der Waals surface area (Å²) in [7, 11) is -4.20. The molecular weight excluding hydrogens is 291 g/mol. The summed E-state index contributed by atoms with van der Waals surface area (Å²) < 4.78 is 22.3. The van der Waals surface area contributed by atoms with Crippen molar-refractivity contribution >= 4 is 13.6 Å². The highest BCUT2D eigenvalue weighted by atomic mass is 31.2. The molecule has 7 atom stereocenters. The van der Waals surface area contributed by atoms with Crippen LogP contribution in [0.25, 0.3) is 0 Å². The molecule has 5 nitrogen and oxygen atoms in total. The summed E-state index contributed by atoms with van der Waals surface area (Å²) >= 11 is 0. The summed E-state index contributed by atoms with van der Waals surface area (Å²) in [6.45, 7) is 11.9. The van der Waals surface area contributed by atoms with E-state index in [-0.39, 0.29) is 42.0 Å². The van der Waals surface area contributed by atoms with Crippen LogP contribution < -0.4 is 0 Å². The van der Waals surface area contributed by atoms with Crippen molar-refractivity contribution in [1.82, 2.24) is 0 Å². The smallest absolute Gasteiger partial charge is 0.302 e. The van der Waals surface area contributed by atoms with Gasteiger partial charge in [0.2, 0.25) is 0 Å². The first kappa shape index (κ1) is 18.8. The molecule has 1 aliphatic carbocycles. The molecule has 0 aromatic rings. The normalized spacial score (nSPS) is 38.0. The van der Waals surface area contributed by atoms with Gasteiger partial charge in [0.25, 0.3) is 0 Å². The summed E-state index contributed by atoms with van der Waals surface area (Å²) in [5.41, 5.74) is 0. The summed E-state index contributed by atoms with van der Waals surface area (Å²) in [6.07, 6.45) is -0.0105. The van der Waals surface area contributed by atoms with E-state index in [1.54, 1.807) is 0 Å². The average molecular weight is 320 g/mol. The van der Waals surface area contributed by atoms with E-state index in [4.69, 9.17) is 9.05 Å². The maximum Gasteiger partial charge on any atom is 0.472 e. The fourth-order valence-corrected chi connectivity index (χ4v) is 3.73. The van der Waals surface area contributed by atoms with E-state index in [2.05, 4.69) is 6.92 Å². The molecule has 0 aromatic heterocycles. The quantitative estimate of drug-likeness (QED) is 0.756. The number of rotatable bonds is 6. The predicted molar refractivity (Wildman–Crippen MR) is 81.8 cm³/mol. The Labute approximate surface area is 128 Å². The second-order valence-corrected chi connectivity index (χ2v) is 7.98. The van der Waals surface area contributed by atoms with Crippen LogP contribution in [-0.4, -0.2) is 23.4 Å². The minimum absolute atomic E-state index is 0.101. The molecule has 6 heteroatoms. The van der Waals surface area contributed by atoms with Crippen molar-refractivity contribution in [2.45, 2.75) is 54.1 Å². The number of phosphoric acid groups is 1. The molecule has 1 N–H and O–H groups in total. The largest absolute Gasteiger partial charge is 0.472 e. The first-order valence-corrected chi connectivity index (χ1v) is 9.29. The van der Waals surface area contributed by atoms with Crippen molar-refractivity contribution < 1.29 is 23.3 Å². The highest BCUT2D eigenvalue weighted by molar-refractivity contribution is 7.47. The van der Waals surface area contributed by atoms with Gasteiger partial charge < -0.3 is 4.89 Å². The van der Waals surface area contributed by atoms with Gasteiger partial charge in [0.1, 0.15) is 6.10 Å². The van der Waals surface area contributed by atoms with E-state index in [1.165, 1.54) is 0 Å². The van der Waals surface area contributed by atoms with E-state index in [9.17, 15) is 14.3 Å². The third kappa shape index (κ3) is 4.62. The molecule has 1 aliphatic rings. The van der Waals surface area contributed by atoms with Crippen molar-refractivity contribution in [2.24, 2.45) is 29.6 Å². The molecular formula is C15H29O5P. The molecule has 1 saturated carbocycles. The summed E-state index contributed by atoms with van der Waals surface area (Å²) in [5, 5.41) is 0. The molecule has 0 aromatic carbocycles. The topological polar surface area (TPSA) is 72.8 Å². The number of hydrogen-bond acceptors (Lipinski definition) is 4. The first-order valence-electron chi connectivity index (χ1n) is 7.80. The van der Waals surface area contributed by atoms with Crippen molar-refractivity contribution in [1.29, 1.82) is 0 Å². The van der Waals surface area contributed by atoms with Gasteiger partial charge in [0.15, 0.2) is 5.78 Å². The molecule has 0 aliphatic heterocycles. The van der Waals surface area contributed by atoms with Gasteiger partial charge in [0, 0.05) is 5.92 Å². The Morgan fingerprint density at radius 3 is 2.29 bits per heavy atom. The van der Waals surface area contributed by atoms with Gasteiger partial charge in [0.05, 0.1) is 6.61 Å². The van der Waals surface area contributed by atoms with Crippen LogP contribution in [0.1, 0.15) is 48.0 Å². The number of ketones is 1. The zero-order valence-corrected chi connectivity index (χ0v) is 14.8. The lowest BCUT2D eigenvalue weighted by Crippen LogP contribution is -2.47. The summed E-state index contributed by atoms with van der Waals surface area (Å²) in [6, 6.07) is 0. The standard InChI is InChI=1S/C15H29O5P/c1-7-9(2)8-19-21(17,18)20-15-13(6)11(4)10(3)12(5)14(15)16/h9-13,15H,7-8H2,1-6H3,(H,17,18)/t9-,10?,11?,12?,13?,15?/m0/s1. The summed E-state index contributed by atoms with van der Waals surface area (Å²) in [5.74, 6) is 0.289. The number of phosphoric ester groups is 1. The summed E-state index contributed by atoms with van der Waals surface area (Å²) in [4.78, 5) is 22.2. The molecule has 21 heavy (non-hydrogen) atoms. The number of carbonyl (C=O) groups is 1. The minimum Gasteiger partial charge on any atom is -0.302 e. The van der Waals surface area contributed by atoms with Crippen molar-refractivity contribution in [3.05, 3.63) is 0 Å². The van der Waals surface area contributed by atoms with Gasteiger partial charge in [-0.05, 0) is 23.7 Å². The Bertz CT molecular complexity index is 411. The van der Waals surface area contributed by atoms with Gasteiger partial charge in [-0.1, -0.05) is 48.0 Å². The highest BCUT2D eigenvalue weighted by Crippen LogP contribution is 2.49. The van der Waals surface area contributed by atoms with E-state index >= 15 is 0 Å². The van der Waals surface area contributed by atoms with E-state index in [0.29, 0.717) is 0 Å². The van der Waals surface area contributed by atoms with Crippen LogP contribution in [0.5, 0.6) is 0 Å². The van der Waals surface area contributed by atoms with Crippen LogP contribution in [-0.2, 0) is 18.4 Å². The molecule has 6 unspecified atom stereocenters. The molecule has 0 heterocycles. The van der Waals surface area contributed by atoms with Crippen molar-refractivity contribution in [3.63, 3.8) is 0 Å². The Morgan fingerprint density at radius 1 is 1.19 bits per heavy atom. The molecule has 124 valence electrons. The van der Waals surface area contributed by atoms with Crippen LogP contribution in [0.15, 0.2) is 0 Å². The van der Waals surface area contributed by atoms with E-state index in [0.717, 1.165) is 6.42 Å². The molecule has 0 spiro atoms. The molecule has 0 bridgehead atoms. The maximum atomic E-state index is 12.4. The minimum atomic E-state index is -4.20. The van der Waals surface area contributed by atoms with Crippen molar-refractivity contribution in [2.75, 3.05) is 6.61 Å². The maximum absolute atomic E-state index is 12.4. The average Bonchev–Trinajstić information content (AvgIpc) is 2.45. The van der Waals surface area contributed by atoms with Crippen LogP contribution >= 0.6 is 7.82 Å². The van der Waals surface area contributed by atoms with Gasteiger partial charge in [-0.15, -0.1) is 0 Å². The molecule has 0 saturated heterocycles. The van der Waals surface area contributed by atoms with Gasteiger partial charge >= 0.3 is 7.82 Å². The molecule has 0 amide bonds. The predicted octanol–water partition coefficient (Wildman–Crippen LogP) is 3.66. The van der Waals surface area contributed by atoms with Crippen LogP contribution in [0.3, 0.4) is 0 Å².